The molecular formula is C24H32N4O4. The number of nitrogens with one attached hydrogen (secondary N) is 1. The molecule has 1 aliphatic heterocycles. The Bertz CT molecular complexity index is 1180. The summed E-state index contributed by atoms with van der Waals surface area (Å²) in [6.07, 6.45) is 2.00. The lowest BCUT2D eigenvalue weighted by Crippen LogP contribution is -2.37. The van der Waals surface area contributed by atoms with Crippen LogP contribution in [0.2, 0.25) is 0 Å². The Hall–Kier alpha value is -2.84. The Labute approximate surface area is 187 Å². The van der Waals surface area contributed by atoms with Gasteiger partial charge >= 0.3 is 0 Å². The Morgan fingerprint density at radius 2 is 1.84 bits per heavy atom. The van der Waals surface area contributed by atoms with Gasteiger partial charge in [0.2, 0.25) is 0 Å². The molecule has 0 saturated carbocycles. The molecule has 0 spiro atoms. The van der Waals surface area contributed by atoms with E-state index in [2.05, 4.69) is 29.2 Å². The first kappa shape index (κ1) is 22.4. The molecule has 32 heavy (non-hydrogen) atoms. The molecule has 1 fully saturated rings. The summed E-state index contributed by atoms with van der Waals surface area (Å²) in [6.45, 7) is 10.1. The molecular weight excluding hydrogens is 408 g/mol. The third kappa shape index (κ3) is 4.38. The Morgan fingerprint density at radius 1 is 1.16 bits per heavy atom. The van der Waals surface area contributed by atoms with Gasteiger partial charge in [-0.25, -0.2) is 0 Å². The molecule has 1 aliphatic rings. The van der Waals surface area contributed by atoms with Crippen molar-refractivity contribution in [1.29, 1.82) is 0 Å². The maximum absolute atomic E-state index is 13.0. The zero-order valence-corrected chi connectivity index (χ0v) is 19.3. The maximum atomic E-state index is 13.0. The minimum absolute atomic E-state index is 0.0625. The van der Waals surface area contributed by atoms with E-state index in [1.807, 2.05) is 26.0 Å². The molecule has 172 valence electrons. The fraction of sp³-hybridized carbons (Fsp3) is 0.500. The third-order valence-electron chi connectivity index (χ3n) is 6.37. The van der Waals surface area contributed by atoms with Crippen LogP contribution in [0.15, 0.2) is 33.6 Å². The van der Waals surface area contributed by atoms with Crippen LogP contribution < -0.4 is 15.6 Å². The molecule has 0 radical (unpaired) electrons. The molecule has 0 unspecified atom stereocenters. The van der Waals surface area contributed by atoms with Crippen LogP contribution >= 0.6 is 0 Å². The normalized spacial score (nSPS) is 17.2. The molecule has 8 heteroatoms. The molecule has 1 atom stereocenters. The molecule has 1 aromatic carbocycles. The Kier molecular flexibility index (Phi) is 5.77. The Morgan fingerprint density at radius 3 is 2.50 bits per heavy atom. The zero-order chi connectivity index (χ0) is 23.2. The van der Waals surface area contributed by atoms with Gasteiger partial charge in [0.25, 0.3) is 0 Å². The van der Waals surface area contributed by atoms with Gasteiger partial charge in [-0.2, -0.15) is 5.10 Å². The van der Waals surface area contributed by atoms with E-state index in [1.165, 1.54) is 4.68 Å². The summed E-state index contributed by atoms with van der Waals surface area (Å²) in [5.41, 5.74) is 2.84. The van der Waals surface area contributed by atoms with Gasteiger partial charge < -0.3 is 24.8 Å². The summed E-state index contributed by atoms with van der Waals surface area (Å²) in [5, 5.41) is 27.4. The summed E-state index contributed by atoms with van der Waals surface area (Å²) in [7, 11) is 1.72. The number of hydrogen-bond acceptors (Lipinski definition) is 7. The lowest BCUT2D eigenvalue weighted by atomic mass is 9.83. The number of hydrogen-bond donors (Lipinski definition) is 3. The quantitative estimate of drug-likeness (QED) is 0.521. The molecule has 4 rings (SSSR count). The van der Waals surface area contributed by atoms with E-state index in [0.29, 0.717) is 28.1 Å². The fourth-order valence-corrected chi connectivity index (χ4v) is 4.32. The van der Waals surface area contributed by atoms with Crippen molar-refractivity contribution in [2.45, 2.75) is 52.9 Å². The number of fused-ring (bicyclic) bond motifs is 1. The number of benzene rings is 1. The van der Waals surface area contributed by atoms with Crippen molar-refractivity contribution in [1.82, 2.24) is 9.78 Å². The van der Waals surface area contributed by atoms with Crippen LogP contribution in [-0.4, -0.2) is 33.1 Å². The molecule has 0 aliphatic carbocycles. The highest BCUT2D eigenvalue weighted by molar-refractivity contribution is 5.82. The van der Waals surface area contributed by atoms with E-state index in [9.17, 15) is 15.0 Å². The molecule has 3 heterocycles. The first-order valence-electron chi connectivity index (χ1n) is 11.0. The number of anilines is 2. The average Bonchev–Trinajstić information content (AvgIpc) is 3.08. The Balaban J connectivity index is 1.74. The standard InChI is InChI=1S/C24H32N4O4/c1-14-10-16(15(2)25-22-18(23(30)31)13-27(5)26-22)21-17(11-14)19(29)12-20(32-21)28-8-6-24(3,4)7-9-28/h10-13,15,23,30-31H,6-9H2,1-5H3,(H,25,26)/t15-/m1/s1. The zero-order valence-electron chi connectivity index (χ0n) is 19.3. The van der Waals surface area contributed by atoms with Gasteiger partial charge in [-0.1, -0.05) is 19.9 Å². The molecule has 0 bridgehead atoms. The number of aromatic nitrogens is 2. The van der Waals surface area contributed by atoms with Crippen LogP contribution in [0.4, 0.5) is 11.7 Å². The smallest absolute Gasteiger partial charge is 0.200 e. The second kappa shape index (κ2) is 8.26. The monoisotopic (exact) mass is 440 g/mol. The summed E-state index contributed by atoms with van der Waals surface area (Å²) in [4.78, 5) is 15.2. The van der Waals surface area contributed by atoms with E-state index in [-0.39, 0.29) is 17.0 Å². The maximum Gasteiger partial charge on any atom is 0.200 e. The van der Waals surface area contributed by atoms with E-state index in [0.717, 1.165) is 37.1 Å². The third-order valence-corrected chi connectivity index (χ3v) is 6.37. The topological polar surface area (TPSA) is 104 Å². The minimum Gasteiger partial charge on any atom is -0.440 e. The van der Waals surface area contributed by atoms with Crippen LogP contribution in [0.5, 0.6) is 0 Å². The lowest BCUT2D eigenvalue weighted by molar-refractivity contribution is -0.0420. The van der Waals surface area contributed by atoms with Crippen molar-refractivity contribution in [2.75, 3.05) is 23.3 Å². The number of aliphatic hydroxyl groups is 2. The number of rotatable bonds is 5. The number of aliphatic hydroxyl groups excluding tert-OH is 1. The average molecular weight is 441 g/mol. The van der Waals surface area contributed by atoms with Crippen molar-refractivity contribution in [3.05, 3.63) is 51.3 Å². The molecule has 0 amide bonds. The van der Waals surface area contributed by atoms with Gasteiger partial charge in [-0.05, 0) is 43.7 Å². The first-order chi connectivity index (χ1) is 15.0. The van der Waals surface area contributed by atoms with Crippen LogP contribution in [0.1, 0.15) is 62.6 Å². The number of piperidine rings is 1. The molecule has 3 aromatic rings. The van der Waals surface area contributed by atoms with Crippen molar-refractivity contribution in [3.8, 4) is 0 Å². The van der Waals surface area contributed by atoms with Crippen LogP contribution in [0.3, 0.4) is 0 Å². The van der Waals surface area contributed by atoms with Crippen LogP contribution in [-0.2, 0) is 7.05 Å². The van der Waals surface area contributed by atoms with E-state index >= 15 is 0 Å². The SMILES string of the molecule is Cc1cc([C@@H](C)Nc2nn(C)cc2C(O)O)c2oc(N3CCC(C)(C)CC3)cc(=O)c2c1. The van der Waals surface area contributed by atoms with Gasteiger partial charge in [-0.3, -0.25) is 9.48 Å². The summed E-state index contributed by atoms with van der Waals surface area (Å²) < 4.78 is 7.86. The predicted molar refractivity (Wildman–Crippen MR) is 125 cm³/mol. The van der Waals surface area contributed by atoms with Gasteiger partial charge in [-0.15, -0.1) is 0 Å². The van der Waals surface area contributed by atoms with E-state index < -0.39 is 6.29 Å². The minimum atomic E-state index is -1.64. The van der Waals surface area contributed by atoms with Gasteiger partial charge in [0.1, 0.15) is 5.58 Å². The predicted octanol–water partition coefficient (Wildman–Crippen LogP) is 3.62. The highest BCUT2D eigenvalue weighted by Gasteiger charge is 2.27. The highest BCUT2D eigenvalue weighted by atomic mass is 16.5. The highest BCUT2D eigenvalue weighted by Crippen LogP contribution is 2.34. The van der Waals surface area contributed by atoms with Crippen molar-refractivity contribution in [3.63, 3.8) is 0 Å². The molecule has 8 nitrogen and oxygen atoms in total. The van der Waals surface area contributed by atoms with E-state index in [1.54, 1.807) is 19.3 Å². The van der Waals surface area contributed by atoms with Crippen LogP contribution in [0.25, 0.3) is 11.0 Å². The number of nitrogens with zero attached hydrogens (tertiary/aromatic N) is 3. The van der Waals surface area contributed by atoms with Crippen molar-refractivity contribution >= 4 is 22.7 Å². The van der Waals surface area contributed by atoms with Crippen molar-refractivity contribution < 1.29 is 14.6 Å². The summed E-state index contributed by atoms with van der Waals surface area (Å²) in [6, 6.07) is 5.15. The summed E-state index contributed by atoms with van der Waals surface area (Å²) >= 11 is 0. The van der Waals surface area contributed by atoms with Gasteiger partial charge in [0, 0.05) is 38.0 Å². The van der Waals surface area contributed by atoms with Crippen LogP contribution in [0, 0.1) is 12.3 Å². The second-order valence-electron chi connectivity index (χ2n) is 9.68. The lowest BCUT2D eigenvalue weighted by Gasteiger charge is -2.37. The fourth-order valence-electron chi connectivity index (χ4n) is 4.32. The largest absolute Gasteiger partial charge is 0.440 e. The summed E-state index contributed by atoms with van der Waals surface area (Å²) in [5.74, 6) is 0.973. The number of aryl methyl sites for hydroxylation is 2. The van der Waals surface area contributed by atoms with E-state index in [4.69, 9.17) is 4.42 Å². The van der Waals surface area contributed by atoms with Gasteiger partial charge in [0.05, 0.1) is 17.0 Å². The molecule has 3 N–H and O–H groups in total. The molecule has 2 aromatic heterocycles. The van der Waals surface area contributed by atoms with Crippen molar-refractivity contribution in [2.24, 2.45) is 12.5 Å². The first-order valence-corrected chi connectivity index (χ1v) is 11.0. The van der Waals surface area contributed by atoms with Gasteiger partial charge in [0.15, 0.2) is 23.4 Å². The molecule has 1 saturated heterocycles. The second-order valence-corrected chi connectivity index (χ2v) is 9.68.